The lowest BCUT2D eigenvalue weighted by atomic mass is 10.2. The molecule has 0 bridgehead atoms. The summed E-state index contributed by atoms with van der Waals surface area (Å²) in [5, 5.41) is 1.13. The first-order valence-corrected chi connectivity index (χ1v) is 8.24. The van der Waals surface area contributed by atoms with E-state index >= 15 is 0 Å². The van der Waals surface area contributed by atoms with Crippen LogP contribution in [0.2, 0.25) is 0 Å². The molecule has 1 aromatic heterocycles. The van der Waals surface area contributed by atoms with Crippen LogP contribution in [0.4, 0.5) is 0 Å². The van der Waals surface area contributed by atoms with Gasteiger partial charge in [0.05, 0.1) is 15.6 Å². The average Bonchev–Trinajstić information content (AvgIpc) is 2.64. The van der Waals surface area contributed by atoms with Gasteiger partial charge in [-0.15, -0.1) is 11.3 Å². The molecule has 0 aliphatic carbocycles. The number of aromatic nitrogens is 1. The fourth-order valence-electron chi connectivity index (χ4n) is 2.64. The second-order valence-electron chi connectivity index (χ2n) is 5.30. The zero-order valence-electron chi connectivity index (χ0n) is 12.1. The van der Waals surface area contributed by atoms with Crippen LogP contribution in [0.3, 0.4) is 0 Å². The molecule has 1 aromatic rings. The maximum Gasteiger partial charge on any atom is 0.171 e. The van der Waals surface area contributed by atoms with Crippen LogP contribution in [-0.2, 0) is 12.8 Å². The van der Waals surface area contributed by atoms with E-state index in [9.17, 15) is 4.79 Å². The van der Waals surface area contributed by atoms with Crippen molar-refractivity contribution in [1.82, 2.24) is 9.88 Å². The van der Waals surface area contributed by atoms with Crippen molar-refractivity contribution >= 4 is 17.1 Å². The topological polar surface area (TPSA) is 33.2 Å². The summed E-state index contributed by atoms with van der Waals surface area (Å²) in [4.78, 5) is 19.6. The second kappa shape index (κ2) is 7.15. The van der Waals surface area contributed by atoms with E-state index < -0.39 is 0 Å². The van der Waals surface area contributed by atoms with Crippen LogP contribution in [-0.4, -0.2) is 35.3 Å². The molecule has 0 aromatic carbocycles. The Bertz CT molecular complexity index is 420. The third-order valence-electron chi connectivity index (χ3n) is 3.74. The van der Waals surface area contributed by atoms with Crippen LogP contribution in [0.5, 0.6) is 0 Å². The van der Waals surface area contributed by atoms with Gasteiger partial charge in [-0.2, -0.15) is 0 Å². The molecule has 0 N–H and O–H groups in total. The van der Waals surface area contributed by atoms with Crippen LogP contribution in [0.25, 0.3) is 0 Å². The Morgan fingerprint density at radius 2 is 1.95 bits per heavy atom. The van der Waals surface area contributed by atoms with Crippen molar-refractivity contribution < 1.29 is 4.79 Å². The third-order valence-corrected chi connectivity index (χ3v) is 5.00. The van der Waals surface area contributed by atoms with Crippen LogP contribution >= 0.6 is 11.3 Å². The number of nitrogens with zero attached hydrogens (tertiary/aromatic N) is 2. The molecular weight excluding hydrogens is 256 g/mol. The maximum absolute atomic E-state index is 11.5. The molecule has 1 aliphatic rings. The van der Waals surface area contributed by atoms with E-state index in [1.165, 1.54) is 38.8 Å². The van der Waals surface area contributed by atoms with E-state index in [2.05, 4.69) is 16.8 Å². The van der Waals surface area contributed by atoms with Gasteiger partial charge in [0.2, 0.25) is 0 Å². The number of ketones is 1. The smallest absolute Gasteiger partial charge is 0.171 e. The molecule has 19 heavy (non-hydrogen) atoms. The standard InChI is InChI=1S/C15H24N2OS/c1-3-13-15(12(2)18)19-14(16-13)8-11-17-9-6-4-5-7-10-17/h3-11H2,1-2H3. The van der Waals surface area contributed by atoms with E-state index in [1.807, 2.05) is 0 Å². The Morgan fingerprint density at radius 1 is 1.26 bits per heavy atom. The quantitative estimate of drug-likeness (QED) is 0.776. The Balaban J connectivity index is 1.93. The first-order chi connectivity index (χ1) is 9.20. The minimum atomic E-state index is 0.162. The molecule has 0 spiro atoms. The molecular formula is C15H24N2OS. The minimum Gasteiger partial charge on any atom is -0.303 e. The van der Waals surface area contributed by atoms with Gasteiger partial charge in [0.1, 0.15) is 0 Å². The first-order valence-electron chi connectivity index (χ1n) is 7.42. The van der Waals surface area contributed by atoms with Gasteiger partial charge < -0.3 is 4.90 Å². The van der Waals surface area contributed by atoms with E-state index in [1.54, 1.807) is 18.3 Å². The lowest BCUT2D eigenvalue weighted by molar-refractivity contribution is 0.102. The lowest BCUT2D eigenvalue weighted by Gasteiger charge is -2.18. The highest BCUT2D eigenvalue weighted by Gasteiger charge is 2.15. The van der Waals surface area contributed by atoms with Crippen LogP contribution in [0.1, 0.15) is 59.9 Å². The SMILES string of the molecule is CCc1nc(CCN2CCCCCC2)sc1C(C)=O. The fraction of sp³-hybridized carbons (Fsp3) is 0.733. The summed E-state index contributed by atoms with van der Waals surface area (Å²) in [6.45, 7) is 7.26. The Labute approximate surface area is 120 Å². The third kappa shape index (κ3) is 4.11. The van der Waals surface area contributed by atoms with E-state index in [0.29, 0.717) is 0 Å². The van der Waals surface area contributed by atoms with Gasteiger partial charge in [0, 0.05) is 19.9 Å². The summed E-state index contributed by atoms with van der Waals surface area (Å²) in [7, 11) is 0. The van der Waals surface area contributed by atoms with Crippen molar-refractivity contribution in [3.63, 3.8) is 0 Å². The number of thiazole rings is 1. The Morgan fingerprint density at radius 3 is 2.47 bits per heavy atom. The molecule has 3 nitrogen and oxygen atoms in total. The Hall–Kier alpha value is -0.740. The van der Waals surface area contributed by atoms with Gasteiger partial charge >= 0.3 is 0 Å². The maximum atomic E-state index is 11.5. The fourth-order valence-corrected chi connectivity index (χ4v) is 3.67. The summed E-state index contributed by atoms with van der Waals surface area (Å²) < 4.78 is 0. The summed E-state index contributed by atoms with van der Waals surface area (Å²) in [6, 6.07) is 0. The van der Waals surface area contributed by atoms with Crippen LogP contribution < -0.4 is 0 Å². The highest BCUT2D eigenvalue weighted by Crippen LogP contribution is 2.21. The number of rotatable bonds is 5. The summed E-state index contributed by atoms with van der Waals surface area (Å²) in [5.74, 6) is 0.162. The molecule has 0 atom stereocenters. The first kappa shape index (κ1) is 14.7. The lowest BCUT2D eigenvalue weighted by Crippen LogP contribution is -2.26. The molecule has 2 heterocycles. The normalized spacial score (nSPS) is 17.4. The molecule has 0 saturated carbocycles. The van der Waals surface area contributed by atoms with E-state index in [0.717, 1.165) is 35.0 Å². The molecule has 0 unspecified atom stereocenters. The summed E-state index contributed by atoms with van der Waals surface area (Å²) in [5.41, 5.74) is 0.989. The van der Waals surface area contributed by atoms with Gasteiger partial charge in [0.25, 0.3) is 0 Å². The van der Waals surface area contributed by atoms with Gasteiger partial charge in [-0.1, -0.05) is 19.8 Å². The Kier molecular flexibility index (Phi) is 5.52. The molecule has 1 saturated heterocycles. The predicted octanol–water partition coefficient (Wildman–Crippen LogP) is 3.33. The number of carbonyl (C=O) groups is 1. The van der Waals surface area contributed by atoms with Crippen LogP contribution in [0, 0.1) is 0 Å². The highest BCUT2D eigenvalue weighted by atomic mass is 32.1. The number of carbonyl (C=O) groups excluding carboxylic acids is 1. The molecule has 1 aliphatic heterocycles. The number of likely N-dealkylation sites (tertiary alicyclic amines) is 1. The van der Waals surface area contributed by atoms with Gasteiger partial charge in [0.15, 0.2) is 5.78 Å². The minimum absolute atomic E-state index is 0.162. The molecule has 0 radical (unpaired) electrons. The summed E-state index contributed by atoms with van der Waals surface area (Å²) >= 11 is 1.60. The average molecular weight is 280 g/mol. The molecule has 0 amide bonds. The van der Waals surface area contributed by atoms with Crippen molar-refractivity contribution in [3.05, 3.63) is 15.6 Å². The largest absolute Gasteiger partial charge is 0.303 e. The zero-order chi connectivity index (χ0) is 13.7. The van der Waals surface area contributed by atoms with Crippen molar-refractivity contribution in [1.29, 1.82) is 0 Å². The number of hydrogen-bond acceptors (Lipinski definition) is 4. The monoisotopic (exact) mass is 280 g/mol. The molecule has 4 heteroatoms. The highest BCUT2D eigenvalue weighted by molar-refractivity contribution is 7.13. The van der Waals surface area contributed by atoms with E-state index in [-0.39, 0.29) is 5.78 Å². The molecule has 2 rings (SSSR count). The predicted molar refractivity (Wildman–Crippen MR) is 80.1 cm³/mol. The van der Waals surface area contributed by atoms with Crippen molar-refractivity contribution in [2.45, 2.75) is 52.4 Å². The van der Waals surface area contributed by atoms with Crippen molar-refractivity contribution in [3.8, 4) is 0 Å². The van der Waals surface area contributed by atoms with Gasteiger partial charge in [-0.05, 0) is 32.4 Å². The van der Waals surface area contributed by atoms with E-state index in [4.69, 9.17) is 0 Å². The molecule has 1 fully saturated rings. The molecule has 106 valence electrons. The zero-order valence-corrected chi connectivity index (χ0v) is 12.9. The number of aryl methyl sites for hydroxylation is 1. The van der Waals surface area contributed by atoms with Gasteiger partial charge in [-0.25, -0.2) is 4.98 Å². The van der Waals surface area contributed by atoms with Crippen molar-refractivity contribution in [2.24, 2.45) is 0 Å². The van der Waals surface area contributed by atoms with Crippen molar-refractivity contribution in [2.75, 3.05) is 19.6 Å². The van der Waals surface area contributed by atoms with Gasteiger partial charge in [-0.3, -0.25) is 4.79 Å². The second-order valence-corrected chi connectivity index (χ2v) is 6.38. The summed E-state index contributed by atoms with van der Waals surface area (Å²) in [6.07, 6.45) is 7.26. The number of hydrogen-bond donors (Lipinski definition) is 0. The number of Topliss-reactive ketones (excluding diaryl/α,β-unsaturated/α-hetero) is 1. The van der Waals surface area contributed by atoms with Crippen LogP contribution in [0.15, 0.2) is 0 Å².